The Morgan fingerprint density at radius 3 is 2.83 bits per heavy atom. The van der Waals surface area contributed by atoms with E-state index in [2.05, 4.69) is 10.3 Å². The van der Waals surface area contributed by atoms with Gasteiger partial charge in [-0.15, -0.1) is 0 Å². The molecule has 2 heterocycles. The molecule has 3 nitrogen and oxygen atoms in total. The lowest BCUT2D eigenvalue weighted by atomic mass is 9.87. The third-order valence-electron chi connectivity index (χ3n) is 2.34. The maximum absolute atomic E-state index is 9.96. The molecule has 1 aliphatic rings. The Labute approximate surface area is 71.4 Å². The van der Waals surface area contributed by atoms with E-state index >= 15 is 0 Å². The summed E-state index contributed by atoms with van der Waals surface area (Å²) >= 11 is 0. The Kier molecular flexibility index (Phi) is 1.63. The molecule has 1 aliphatic heterocycles. The molecule has 1 aromatic rings. The number of pyridine rings is 1. The van der Waals surface area contributed by atoms with Gasteiger partial charge in [-0.1, -0.05) is 6.07 Å². The number of nitrogens with one attached hydrogen (secondary N) is 1. The van der Waals surface area contributed by atoms with E-state index in [-0.39, 0.29) is 0 Å². The van der Waals surface area contributed by atoms with Crippen LogP contribution in [0.25, 0.3) is 0 Å². The molecular formula is C9H12N2O. The first-order chi connectivity index (χ1) is 5.72. The fraction of sp³-hybridized carbons (Fsp3) is 0.444. The van der Waals surface area contributed by atoms with Crippen LogP contribution in [-0.4, -0.2) is 23.2 Å². The summed E-state index contributed by atoms with van der Waals surface area (Å²) in [6.07, 6.45) is 1.74. The maximum atomic E-state index is 9.96. The van der Waals surface area contributed by atoms with E-state index in [9.17, 15) is 5.11 Å². The van der Waals surface area contributed by atoms with E-state index in [1.54, 1.807) is 6.20 Å². The van der Waals surface area contributed by atoms with Crippen molar-refractivity contribution < 1.29 is 5.11 Å². The molecule has 1 fully saturated rings. The lowest BCUT2D eigenvalue weighted by molar-refractivity contribution is -0.0155. The number of hydrogen-bond donors (Lipinski definition) is 2. The van der Waals surface area contributed by atoms with Gasteiger partial charge in [-0.25, -0.2) is 0 Å². The predicted octanol–water partition coefficient (Wildman–Crippen LogP) is 0.181. The molecule has 1 saturated heterocycles. The van der Waals surface area contributed by atoms with Crippen molar-refractivity contribution in [3.8, 4) is 0 Å². The van der Waals surface area contributed by atoms with Crippen LogP contribution in [0.3, 0.4) is 0 Å². The number of rotatable bonds is 1. The van der Waals surface area contributed by atoms with E-state index in [0.717, 1.165) is 11.3 Å². The number of β-amino-alcohol motifs (C(OH)–C–C–N with tert-alkyl or cyclic N) is 1. The molecule has 2 N–H and O–H groups in total. The summed E-state index contributed by atoms with van der Waals surface area (Å²) in [5, 5.41) is 13.0. The zero-order valence-corrected chi connectivity index (χ0v) is 7.04. The highest BCUT2D eigenvalue weighted by Crippen LogP contribution is 2.26. The standard InChI is InChI=1S/C9H12N2O/c1-7-8(3-2-4-11-7)9(12)5-10-6-9/h2-4,10,12H,5-6H2,1H3. The Bertz CT molecular complexity index is 294. The Hall–Kier alpha value is -0.930. The van der Waals surface area contributed by atoms with Crippen LogP contribution in [0.5, 0.6) is 0 Å². The minimum absolute atomic E-state index is 0.638. The van der Waals surface area contributed by atoms with Gasteiger partial charge in [0.25, 0.3) is 0 Å². The molecule has 2 rings (SSSR count). The second-order valence-electron chi connectivity index (χ2n) is 3.27. The normalized spacial score (nSPS) is 20.2. The third kappa shape index (κ3) is 1.02. The first-order valence-corrected chi connectivity index (χ1v) is 4.07. The Morgan fingerprint density at radius 1 is 1.58 bits per heavy atom. The average molecular weight is 164 g/mol. The minimum Gasteiger partial charge on any atom is -0.382 e. The van der Waals surface area contributed by atoms with Crippen molar-refractivity contribution in [2.45, 2.75) is 12.5 Å². The van der Waals surface area contributed by atoms with Gasteiger partial charge in [-0.05, 0) is 13.0 Å². The van der Waals surface area contributed by atoms with Crippen LogP contribution in [0.15, 0.2) is 18.3 Å². The molecule has 0 aromatic carbocycles. The molecule has 64 valence electrons. The van der Waals surface area contributed by atoms with E-state index in [0.29, 0.717) is 13.1 Å². The first kappa shape index (κ1) is 7.71. The second kappa shape index (κ2) is 2.54. The summed E-state index contributed by atoms with van der Waals surface area (Å²) in [6, 6.07) is 3.79. The molecule has 0 spiro atoms. The van der Waals surface area contributed by atoms with E-state index in [1.165, 1.54) is 0 Å². The van der Waals surface area contributed by atoms with Crippen molar-refractivity contribution in [2.24, 2.45) is 0 Å². The van der Waals surface area contributed by atoms with Gasteiger partial charge in [-0.3, -0.25) is 4.98 Å². The molecule has 0 radical (unpaired) electrons. The molecular weight excluding hydrogens is 152 g/mol. The maximum Gasteiger partial charge on any atom is 0.116 e. The fourth-order valence-electron chi connectivity index (χ4n) is 1.53. The first-order valence-electron chi connectivity index (χ1n) is 4.07. The fourth-order valence-corrected chi connectivity index (χ4v) is 1.53. The van der Waals surface area contributed by atoms with Gasteiger partial charge in [0.1, 0.15) is 5.60 Å². The average Bonchev–Trinajstić information content (AvgIpc) is 2.01. The van der Waals surface area contributed by atoms with Crippen LogP contribution in [0.4, 0.5) is 0 Å². The van der Waals surface area contributed by atoms with E-state index in [4.69, 9.17) is 0 Å². The lowest BCUT2D eigenvalue weighted by Crippen LogP contribution is -2.57. The van der Waals surface area contributed by atoms with Crippen LogP contribution in [0.2, 0.25) is 0 Å². The summed E-state index contributed by atoms with van der Waals surface area (Å²) in [5.41, 5.74) is 1.20. The van der Waals surface area contributed by atoms with E-state index < -0.39 is 5.60 Å². The molecule has 0 aliphatic carbocycles. The summed E-state index contributed by atoms with van der Waals surface area (Å²) in [7, 11) is 0. The number of aliphatic hydroxyl groups is 1. The van der Waals surface area contributed by atoms with Gasteiger partial charge in [-0.2, -0.15) is 0 Å². The molecule has 0 atom stereocenters. The van der Waals surface area contributed by atoms with Crippen molar-refractivity contribution in [2.75, 3.05) is 13.1 Å². The third-order valence-corrected chi connectivity index (χ3v) is 2.34. The number of aryl methyl sites for hydroxylation is 1. The summed E-state index contributed by atoms with van der Waals surface area (Å²) < 4.78 is 0. The molecule has 0 unspecified atom stereocenters. The van der Waals surface area contributed by atoms with Crippen LogP contribution in [0, 0.1) is 6.92 Å². The van der Waals surface area contributed by atoms with Gasteiger partial charge in [0, 0.05) is 30.5 Å². The Morgan fingerprint density at radius 2 is 2.33 bits per heavy atom. The zero-order valence-electron chi connectivity index (χ0n) is 7.04. The van der Waals surface area contributed by atoms with Crippen molar-refractivity contribution in [1.82, 2.24) is 10.3 Å². The van der Waals surface area contributed by atoms with Crippen molar-refractivity contribution in [3.63, 3.8) is 0 Å². The van der Waals surface area contributed by atoms with E-state index in [1.807, 2.05) is 19.1 Å². The van der Waals surface area contributed by atoms with Crippen molar-refractivity contribution in [1.29, 1.82) is 0 Å². The molecule has 0 saturated carbocycles. The quantitative estimate of drug-likeness (QED) is 0.622. The number of aromatic nitrogens is 1. The van der Waals surface area contributed by atoms with Gasteiger partial charge in [0.05, 0.1) is 0 Å². The molecule has 3 heteroatoms. The highest BCUT2D eigenvalue weighted by Gasteiger charge is 2.37. The number of hydrogen-bond acceptors (Lipinski definition) is 3. The predicted molar refractivity (Wildman–Crippen MR) is 45.7 cm³/mol. The van der Waals surface area contributed by atoms with Crippen molar-refractivity contribution in [3.05, 3.63) is 29.6 Å². The summed E-state index contributed by atoms with van der Waals surface area (Å²) in [4.78, 5) is 4.14. The van der Waals surface area contributed by atoms with Crippen LogP contribution >= 0.6 is 0 Å². The Balaban J connectivity index is 2.39. The lowest BCUT2D eigenvalue weighted by Gasteiger charge is -2.38. The molecule has 1 aromatic heterocycles. The van der Waals surface area contributed by atoms with Gasteiger partial charge < -0.3 is 10.4 Å². The summed E-state index contributed by atoms with van der Waals surface area (Å²) in [6.45, 7) is 3.20. The van der Waals surface area contributed by atoms with Crippen LogP contribution in [0.1, 0.15) is 11.3 Å². The van der Waals surface area contributed by atoms with Crippen LogP contribution < -0.4 is 5.32 Å². The van der Waals surface area contributed by atoms with Gasteiger partial charge in [0.15, 0.2) is 0 Å². The smallest absolute Gasteiger partial charge is 0.116 e. The second-order valence-corrected chi connectivity index (χ2v) is 3.27. The largest absolute Gasteiger partial charge is 0.382 e. The highest BCUT2D eigenvalue weighted by atomic mass is 16.3. The topological polar surface area (TPSA) is 45.2 Å². The van der Waals surface area contributed by atoms with Crippen LogP contribution in [-0.2, 0) is 5.60 Å². The molecule has 12 heavy (non-hydrogen) atoms. The van der Waals surface area contributed by atoms with Crippen molar-refractivity contribution >= 4 is 0 Å². The minimum atomic E-state index is -0.668. The zero-order chi connectivity index (χ0) is 8.60. The van der Waals surface area contributed by atoms with Gasteiger partial charge in [0.2, 0.25) is 0 Å². The SMILES string of the molecule is Cc1ncccc1C1(O)CNC1. The highest BCUT2D eigenvalue weighted by molar-refractivity contribution is 5.28. The summed E-state index contributed by atoms with van der Waals surface area (Å²) in [5.74, 6) is 0. The molecule has 0 amide bonds. The number of nitrogens with zero attached hydrogens (tertiary/aromatic N) is 1. The molecule has 0 bridgehead atoms. The van der Waals surface area contributed by atoms with Gasteiger partial charge >= 0.3 is 0 Å². The monoisotopic (exact) mass is 164 g/mol.